The predicted octanol–water partition coefficient (Wildman–Crippen LogP) is -0.0999. The monoisotopic (exact) mass is 161 g/mol. The first kappa shape index (κ1) is 7.88. The molecule has 0 aromatic carbocycles. The van der Waals surface area contributed by atoms with Gasteiger partial charge in [-0.25, -0.2) is 0 Å². The summed E-state index contributed by atoms with van der Waals surface area (Å²) in [4.78, 5) is 12.7. The highest BCUT2D eigenvalue weighted by Gasteiger charge is 2.21. The minimum atomic E-state index is -0.835. The molecule has 4 heteroatoms. The van der Waals surface area contributed by atoms with Crippen molar-refractivity contribution in [2.75, 3.05) is 18.2 Å². The molecule has 0 bridgehead atoms. The molecule has 58 valence electrons. The Morgan fingerprint density at radius 2 is 2.50 bits per heavy atom. The molecule has 1 aliphatic rings. The Kier molecular flexibility index (Phi) is 2.56. The Morgan fingerprint density at radius 3 is 2.90 bits per heavy atom. The van der Waals surface area contributed by atoms with Crippen molar-refractivity contribution in [2.45, 2.75) is 13.0 Å². The summed E-state index contributed by atoms with van der Waals surface area (Å²) in [6.45, 7) is 2.29. The van der Waals surface area contributed by atoms with Crippen molar-refractivity contribution in [3.05, 3.63) is 0 Å². The molecule has 0 spiro atoms. The summed E-state index contributed by atoms with van der Waals surface area (Å²) in [7, 11) is 0. The van der Waals surface area contributed by atoms with Crippen molar-refractivity contribution in [3.63, 3.8) is 0 Å². The normalized spacial score (nSPS) is 21.2. The van der Waals surface area contributed by atoms with Gasteiger partial charge in [-0.2, -0.15) is 0 Å². The van der Waals surface area contributed by atoms with Crippen LogP contribution in [0.25, 0.3) is 0 Å². The van der Waals surface area contributed by atoms with E-state index in [0.29, 0.717) is 0 Å². The zero-order valence-corrected chi connectivity index (χ0v) is 6.73. The lowest BCUT2D eigenvalue weighted by Crippen LogP contribution is -2.35. The van der Waals surface area contributed by atoms with E-state index in [1.54, 1.807) is 16.7 Å². The van der Waals surface area contributed by atoms with Crippen LogP contribution < -0.4 is 0 Å². The number of rotatable bonds is 1. The minimum absolute atomic E-state index is 0.148. The van der Waals surface area contributed by atoms with Crippen LogP contribution in [0.15, 0.2) is 0 Å². The van der Waals surface area contributed by atoms with Crippen LogP contribution in [0.5, 0.6) is 0 Å². The fraction of sp³-hybridized carbons (Fsp3) is 0.833. The predicted molar refractivity (Wildman–Crippen MR) is 40.7 cm³/mol. The van der Waals surface area contributed by atoms with E-state index < -0.39 is 6.10 Å². The van der Waals surface area contributed by atoms with Crippen LogP contribution in [0.1, 0.15) is 6.92 Å². The molecule has 1 atom stereocenters. The average molecular weight is 161 g/mol. The van der Waals surface area contributed by atoms with Crippen LogP contribution in [0.4, 0.5) is 0 Å². The lowest BCUT2D eigenvalue weighted by molar-refractivity contribution is -0.137. The van der Waals surface area contributed by atoms with Gasteiger partial charge >= 0.3 is 0 Å². The number of aliphatic hydroxyl groups excluding tert-OH is 1. The molecular weight excluding hydrogens is 150 g/mol. The summed E-state index contributed by atoms with van der Waals surface area (Å²) < 4.78 is 0. The van der Waals surface area contributed by atoms with Gasteiger partial charge in [-0.3, -0.25) is 4.79 Å². The van der Waals surface area contributed by atoms with E-state index in [1.807, 2.05) is 0 Å². The standard InChI is InChI=1S/C6H11NO2S/c1-5(8)6(9)7-2-3-10-4-7/h5,8H,2-4H2,1H3. The first-order valence-corrected chi connectivity index (χ1v) is 4.42. The quantitative estimate of drug-likeness (QED) is 0.584. The van der Waals surface area contributed by atoms with E-state index in [9.17, 15) is 4.79 Å². The third-order valence-corrected chi connectivity index (χ3v) is 2.39. The summed E-state index contributed by atoms with van der Waals surface area (Å²) in [6.07, 6.45) is -0.835. The molecule has 0 radical (unpaired) electrons. The molecule has 1 N–H and O–H groups in total. The van der Waals surface area contributed by atoms with Crippen molar-refractivity contribution in [1.82, 2.24) is 4.90 Å². The van der Waals surface area contributed by atoms with Crippen LogP contribution in [0.3, 0.4) is 0 Å². The highest BCUT2D eigenvalue weighted by atomic mass is 32.2. The summed E-state index contributed by atoms with van der Waals surface area (Å²) in [5.41, 5.74) is 0. The maximum Gasteiger partial charge on any atom is 0.251 e. The molecule has 10 heavy (non-hydrogen) atoms. The van der Waals surface area contributed by atoms with Gasteiger partial charge in [0.2, 0.25) is 0 Å². The van der Waals surface area contributed by atoms with Gasteiger partial charge in [0.15, 0.2) is 0 Å². The fourth-order valence-corrected chi connectivity index (χ4v) is 1.81. The highest BCUT2D eigenvalue weighted by Crippen LogP contribution is 2.13. The van der Waals surface area contributed by atoms with Crippen LogP contribution in [-0.2, 0) is 4.79 Å². The van der Waals surface area contributed by atoms with Crippen molar-refractivity contribution < 1.29 is 9.90 Å². The van der Waals surface area contributed by atoms with Gasteiger partial charge in [-0.05, 0) is 6.92 Å². The Labute approximate surface area is 64.4 Å². The lowest BCUT2D eigenvalue weighted by atomic mass is 10.3. The van der Waals surface area contributed by atoms with Crippen molar-refractivity contribution in [1.29, 1.82) is 0 Å². The molecule has 1 rings (SSSR count). The molecule has 1 unspecified atom stereocenters. The number of nitrogens with zero attached hydrogens (tertiary/aromatic N) is 1. The molecule has 1 saturated heterocycles. The summed E-state index contributed by atoms with van der Waals surface area (Å²) in [5, 5.41) is 8.88. The largest absolute Gasteiger partial charge is 0.384 e. The first-order valence-electron chi connectivity index (χ1n) is 3.26. The second-order valence-corrected chi connectivity index (χ2v) is 3.39. The SMILES string of the molecule is CC(O)C(=O)N1CCSC1. The van der Waals surface area contributed by atoms with E-state index >= 15 is 0 Å². The van der Waals surface area contributed by atoms with Gasteiger partial charge in [0.05, 0.1) is 5.88 Å². The molecule has 1 fully saturated rings. The average Bonchev–Trinajstić information content (AvgIpc) is 2.36. The van der Waals surface area contributed by atoms with Crippen molar-refractivity contribution in [2.24, 2.45) is 0 Å². The van der Waals surface area contributed by atoms with Gasteiger partial charge in [0.25, 0.3) is 5.91 Å². The third kappa shape index (κ3) is 1.64. The van der Waals surface area contributed by atoms with E-state index in [4.69, 9.17) is 5.11 Å². The molecule has 0 aliphatic carbocycles. The molecule has 1 aliphatic heterocycles. The van der Waals surface area contributed by atoms with Crippen molar-refractivity contribution in [3.8, 4) is 0 Å². The molecule has 0 aromatic heterocycles. The van der Waals surface area contributed by atoms with Crippen LogP contribution >= 0.6 is 11.8 Å². The maximum absolute atomic E-state index is 11.0. The summed E-state index contributed by atoms with van der Waals surface area (Å²) in [5.74, 6) is 1.59. The van der Waals surface area contributed by atoms with Gasteiger partial charge in [0.1, 0.15) is 6.10 Å². The van der Waals surface area contributed by atoms with E-state index in [2.05, 4.69) is 0 Å². The van der Waals surface area contributed by atoms with Gasteiger partial charge in [0, 0.05) is 12.3 Å². The highest BCUT2D eigenvalue weighted by molar-refractivity contribution is 7.99. The fourth-order valence-electron chi connectivity index (χ4n) is 0.852. The number of amides is 1. The van der Waals surface area contributed by atoms with Crippen LogP contribution in [-0.4, -0.2) is 40.2 Å². The van der Waals surface area contributed by atoms with Gasteiger partial charge in [-0.1, -0.05) is 0 Å². The Balaban J connectivity index is 2.40. The Bertz CT molecular complexity index is 132. The number of thioether (sulfide) groups is 1. The second kappa shape index (κ2) is 3.25. The summed E-state index contributed by atoms with van der Waals surface area (Å²) in [6, 6.07) is 0. The molecule has 0 aromatic rings. The lowest BCUT2D eigenvalue weighted by Gasteiger charge is -2.15. The van der Waals surface area contributed by atoms with E-state index in [1.165, 1.54) is 6.92 Å². The number of carbonyl (C=O) groups excluding carboxylic acids is 1. The number of hydrogen-bond donors (Lipinski definition) is 1. The molecule has 3 nitrogen and oxygen atoms in total. The van der Waals surface area contributed by atoms with Crippen molar-refractivity contribution >= 4 is 17.7 Å². The van der Waals surface area contributed by atoms with E-state index in [-0.39, 0.29) is 5.91 Å². The van der Waals surface area contributed by atoms with Gasteiger partial charge < -0.3 is 10.0 Å². The number of hydrogen-bond acceptors (Lipinski definition) is 3. The zero-order valence-electron chi connectivity index (χ0n) is 5.91. The molecular formula is C6H11NO2S. The molecule has 0 saturated carbocycles. The van der Waals surface area contributed by atoms with Crippen LogP contribution in [0, 0.1) is 0 Å². The number of carbonyl (C=O) groups is 1. The Morgan fingerprint density at radius 1 is 1.80 bits per heavy atom. The minimum Gasteiger partial charge on any atom is -0.384 e. The summed E-state index contributed by atoms with van der Waals surface area (Å²) >= 11 is 1.72. The third-order valence-electron chi connectivity index (χ3n) is 1.42. The Hall–Kier alpha value is -0.220. The second-order valence-electron chi connectivity index (χ2n) is 2.32. The molecule has 1 amide bonds. The van der Waals surface area contributed by atoms with Crippen LogP contribution in [0.2, 0.25) is 0 Å². The molecule has 1 heterocycles. The first-order chi connectivity index (χ1) is 4.72. The van der Waals surface area contributed by atoms with Gasteiger partial charge in [-0.15, -0.1) is 11.8 Å². The maximum atomic E-state index is 11.0. The van der Waals surface area contributed by atoms with E-state index in [0.717, 1.165) is 18.2 Å². The topological polar surface area (TPSA) is 40.5 Å². The number of aliphatic hydroxyl groups is 1. The smallest absolute Gasteiger partial charge is 0.251 e. The zero-order chi connectivity index (χ0) is 7.56.